The van der Waals surface area contributed by atoms with Gasteiger partial charge in [-0.1, -0.05) is 25.1 Å². The minimum Gasteiger partial charge on any atom is -0.380 e. The second-order valence-corrected chi connectivity index (χ2v) is 6.47. The van der Waals surface area contributed by atoms with Gasteiger partial charge in [0.05, 0.1) is 6.61 Å². The van der Waals surface area contributed by atoms with Crippen molar-refractivity contribution in [3.05, 3.63) is 29.8 Å². The first kappa shape index (κ1) is 19.7. The van der Waals surface area contributed by atoms with E-state index in [1.165, 1.54) is 39.1 Å². The fraction of sp³-hybridized carbons (Fsp3) is 0.632. The van der Waals surface area contributed by atoms with Gasteiger partial charge in [0.2, 0.25) is 0 Å². The van der Waals surface area contributed by atoms with Gasteiger partial charge < -0.3 is 25.6 Å². The van der Waals surface area contributed by atoms with Crippen LogP contribution < -0.4 is 11.1 Å². The monoisotopic (exact) mass is 347 g/mol. The van der Waals surface area contributed by atoms with E-state index in [-0.39, 0.29) is 0 Å². The zero-order valence-electron chi connectivity index (χ0n) is 15.7. The van der Waals surface area contributed by atoms with Crippen molar-refractivity contribution >= 4 is 11.6 Å². The summed E-state index contributed by atoms with van der Waals surface area (Å²) in [6.07, 6.45) is 2.24. The highest BCUT2D eigenvalue weighted by Crippen LogP contribution is 2.15. The molecule has 6 nitrogen and oxygen atoms in total. The van der Waals surface area contributed by atoms with Crippen molar-refractivity contribution in [1.29, 1.82) is 0 Å². The molecule has 1 aliphatic rings. The molecule has 0 bridgehead atoms. The predicted octanol–water partition coefficient (Wildman–Crippen LogP) is 1.98. The van der Waals surface area contributed by atoms with Gasteiger partial charge in [0.15, 0.2) is 5.96 Å². The lowest BCUT2D eigenvalue weighted by molar-refractivity contribution is 0.136. The zero-order chi connectivity index (χ0) is 17.9. The van der Waals surface area contributed by atoms with Crippen LogP contribution in [-0.2, 0) is 11.3 Å². The molecule has 0 amide bonds. The maximum atomic E-state index is 6.01. The first-order valence-corrected chi connectivity index (χ1v) is 9.31. The van der Waals surface area contributed by atoms with E-state index in [1.807, 2.05) is 24.3 Å². The maximum Gasteiger partial charge on any atom is 0.193 e. The highest BCUT2D eigenvalue weighted by atomic mass is 16.5. The second-order valence-electron chi connectivity index (χ2n) is 6.47. The number of guanidine groups is 1. The van der Waals surface area contributed by atoms with Crippen LogP contribution in [-0.4, -0.2) is 68.7 Å². The SMILES string of the molecule is CCN1CCN(CCCCN=C(N)Nc2ccccc2COC)CC1. The molecule has 0 aromatic heterocycles. The summed E-state index contributed by atoms with van der Waals surface area (Å²) in [4.78, 5) is 9.51. The number of rotatable bonds is 9. The van der Waals surface area contributed by atoms with Crippen LogP contribution >= 0.6 is 0 Å². The van der Waals surface area contributed by atoms with E-state index in [2.05, 4.69) is 27.0 Å². The molecule has 3 N–H and O–H groups in total. The highest BCUT2D eigenvalue weighted by molar-refractivity contribution is 5.92. The number of nitrogens with one attached hydrogen (secondary N) is 1. The molecule has 0 radical (unpaired) electrons. The topological polar surface area (TPSA) is 66.1 Å². The standard InChI is InChI=1S/C19H33N5O/c1-3-23-12-14-24(15-13-23)11-7-6-10-21-19(20)22-18-9-5-4-8-17(18)16-25-2/h4-5,8-9H,3,6-7,10-16H2,1-2H3,(H3,20,21,22). The largest absolute Gasteiger partial charge is 0.380 e. The second kappa shape index (κ2) is 11.1. The van der Waals surface area contributed by atoms with Crippen molar-refractivity contribution in [3.8, 4) is 0 Å². The Balaban J connectivity index is 1.65. The Kier molecular flexibility index (Phi) is 8.72. The molecule has 6 heteroatoms. The number of likely N-dealkylation sites (N-methyl/N-ethyl adjacent to an activating group) is 1. The van der Waals surface area contributed by atoms with Crippen molar-refractivity contribution in [2.45, 2.75) is 26.4 Å². The minimum atomic E-state index is 0.472. The number of nitrogens with two attached hydrogens (primary N) is 1. The number of para-hydroxylation sites is 1. The number of aliphatic imine (C=N–C) groups is 1. The van der Waals surface area contributed by atoms with E-state index in [0.717, 1.165) is 30.8 Å². The van der Waals surface area contributed by atoms with Gasteiger partial charge in [0.25, 0.3) is 0 Å². The Morgan fingerprint density at radius 2 is 1.88 bits per heavy atom. The Morgan fingerprint density at radius 3 is 2.60 bits per heavy atom. The third-order valence-electron chi connectivity index (χ3n) is 4.66. The van der Waals surface area contributed by atoms with Gasteiger partial charge in [-0.2, -0.15) is 0 Å². The van der Waals surface area contributed by atoms with E-state index < -0.39 is 0 Å². The fourth-order valence-electron chi connectivity index (χ4n) is 3.08. The summed E-state index contributed by atoms with van der Waals surface area (Å²) in [5, 5.41) is 3.18. The highest BCUT2D eigenvalue weighted by Gasteiger charge is 2.14. The summed E-state index contributed by atoms with van der Waals surface area (Å²) in [6, 6.07) is 7.99. The lowest BCUT2D eigenvalue weighted by Gasteiger charge is -2.33. The smallest absolute Gasteiger partial charge is 0.193 e. The summed E-state index contributed by atoms with van der Waals surface area (Å²) in [6.45, 7) is 10.7. The molecule has 0 saturated carbocycles. The number of methoxy groups -OCH3 is 1. The van der Waals surface area contributed by atoms with Crippen molar-refractivity contribution in [3.63, 3.8) is 0 Å². The molecule has 1 fully saturated rings. The molecule has 1 saturated heterocycles. The molecule has 1 aromatic carbocycles. The van der Waals surface area contributed by atoms with Crippen molar-refractivity contribution in [2.75, 3.05) is 58.2 Å². The molecule has 0 unspecified atom stereocenters. The van der Waals surface area contributed by atoms with E-state index in [9.17, 15) is 0 Å². The Labute approximate surface area is 152 Å². The van der Waals surface area contributed by atoms with Crippen molar-refractivity contribution in [1.82, 2.24) is 9.80 Å². The fourth-order valence-corrected chi connectivity index (χ4v) is 3.08. The van der Waals surface area contributed by atoms with Crippen LogP contribution in [0.15, 0.2) is 29.3 Å². The van der Waals surface area contributed by atoms with Gasteiger partial charge in [-0.25, -0.2) is 0 Å². The number of hydrogen-bond donors (Lipinski definition) is 2. The molecule has 25 heavy (non-hydrogen) atoms. The number of anilines is 1. The summed E-state index contributed by atoms with van der Waals surface area (Å²) >= 11 is 0. The average Bonchev–Trinajstić information content (AvgIpc) is 2.64. The molecule has 0 spiro atoms. The summed E-state index contributed by atoms with van der Waals surface area (Å²) in [5.41, 5.74) is 8.04. The lowest BCUT2D eigenvalue weighted by atomic mass is 10.2. The predicted molar refractivity (Wildman–Crippen MR) is 105 cm³/mol. The van der Waals surface area contributed by atoms with Crippen molar-refractivity contribution in [2.24, 2.45) is 10.7 Å². The average molecular weight is 348 g/mol. The number of hydrogen-bond acceptors (Lipinski definition) is 4. The summed E-state index contributed by atoms with van der Waals surface area (Å²) in [5.74, 6) is 0.472. The molecule has 1 aromatic rings. The molecule has 1 heterocycles. The number of piperazine rings is 1. The Bertz CT molecular complexity index is 526. The van der Waals surface area contributed by atoms with Crippen LogP contribution in [0.5, 0.6) is 0 Å². The van der Waals surface area contributed by atoms with E-state index in [0.29, 0.717) is 12.6 Å². The molecular weight excluding hydrogens is 314 g/mol. The van der Waals surface area contributed by atoms with Crippen LogP contribution in [0.25, 0.3) is 0 Å². The van der Waals surface area contributed by atoms with Crippen LogP contribution in [0.3, 0.4) is 0 Å². The molecule has 0 atom stereocenters. The van der Waals surface area contributed by atoms with Gasteiger partial charge in [0.1, 0.15) is 0 Å². The van der Waals surface area contributed by atoms with E-state index >= 15 is 0 Å². The summed E-state index contributed by atoms with van der Waals surface area (Å²) in [7, 11) is 1.69. The van der Waals surface area contributed by atoms with Gasteiger partial charge in [-0.3, -0.25) is 4.99 Å². The Morgan fingerprint density at radius 1 is 1.16 bits per heavy atom. The van der Waals surface area contributed by atoms with Gasteiger partial charge in [-0.15, -0.1) is 0 Å². The number of benzene rings is 1. The third kappa shape index (κ3) is 7.02. The van der Waals surface area contributed by atoms with Gasteiger partial charge in [-0.05, 0) is 32.0 Å². The lowest BCUT2D eigenvalue weighted by Crippen LogP contribution is -2.46. The number of nitrogens with zero attached hydrogens (tertiary/aromatic N) is 3. The number of unbranched alkanes of at least 4 members (excludes halogenated alkanes) is 1. The normalized spacial score (nSPS) is 17.0. The number of ether oxygens (including phenoxy) is 1. The molecule has 2 rings (SSSR count). The van der Waals surface area contributed by atoms with Crippen molar-refractivity contribution < 1.29 is 4.74 Å². The molecule has 140 valence electrons. The summed E-state index contributed by atoms with van der Waals surface area (Å²) < 4.78 is 5.21. The van der Waals surface area contributed by atoms with E-state index in [1.54, 1.807) is 7.11 Å². The quantitative estimate of drug-likeness (QED) is 0.406. The first-order chi connectivity index (χ1) is 12.2. The van der Waals surface area contributed by atoms with Gasteiger partial charge >= 0.3 is 0 Å². The Hall–Kier alpha value is -1.63. The van der Waals surface area contributed by atoms with Crippen LogP contribution in [0.1, 0.15) is 25.3 Å². The van der Waals surface area contributed by atoms with Gasteiger partial charge in [0, 0.05) is 51.1 Å². The maximum absolute atomic E-state index is 6.01. The molecule has 1 aliphatic heterocycles. The van der Waals surface area contributed by atoms with Crippen LogP contribution in [0.4, 0.5) is 5.69 Å². The molecular formula is C19H33N5O. The molecule has 0 aliphatic carbocycles. The van der Waals surface area contributed by atoms with Crippen LogP contribution in [0.2, 0.25) is 0 Å². The van der Waals surface area contributed by atoms with E-state index in [4.69, 9.17) is 10.5 Å². The first-order valence-electron chi connectivity index (χ1n) is 9.31. The zero-order valence-corrected chi connectivity index (χ0v) is 15.7. The third-order valence-corrected chi connectivity index (χ3v) is 4.66. The van der Waals surface area contributed by atoms with Crippen LogP contribution in [0, 0.1) is 0 Å². The minimum absolute atomic E-state index is 0.472.